The van der Waals surface area contributed by atoms with Gasteiger partial charge in [-0.15, -0.1) is 11.0 Å². The van der Waals surface area contributed by atoms with Crippen molar-refractivity contribution in [3.05, 3.63) is 47.2 Å². The standard InChI is InChI=1S/C22H23FN6O3/c1-2-3-15-4-6-16(7-5-15)12-28-11-9-22(8-10-24,18(23)14-28)29-13-17(19(25)30)20(27-29)32-21(26)31/h4-7,13,18H,8-9,11-12,14H2,1H3,(H2,25,30)(H2,26,31). The van der Waals surface area contributed by atoms with Crippen molar-refractivity contribution < 1.29 is 18.7 Å². The minimum absolute atomic E-state index is 0.0516. The fourth-order valence-electron chi connectivity index (χ4n) is 3.84. The molecule has 4 N–H and O–H groups in total. The van der Waals surface area contributed by atoms with Gasteiger partial charge in [-0.2, -0.15) is 5.26 Å². The molecule has 0 bridgehead atoms. The maximum absolute atomic E-state index is 15.6. The lowest BCUT2D eigenvalue weighted by Gasteiger charge is -2.43. The molecule has 166 valence electrons. The molecule has 32 heavy (non-hydrogen) atoms. The van der Waals surface area contributed by atoms with Gasteiger partial charge >= 0.3 is 6.09 Å². The summed E-state index contributed by atoms with van der Waals surface area (Å²) in [6.45, 7) is 2.84. The summed E-state index contributed by atoms with van der Waals surface area (Å²) in [4.78, 5) is 24.8. The van der Waals surface area contributed by atoms with Crippen LogP contribution in [0.3, 0.4) is 0 Å². The highest BCUT2D eigenvalue weighted by Crippen LogP contribution is 2.37. The van der Waals surface area contributed by atoms with Crippen LogP contribution < -0.4 is 16.2 Å². The number of aromatic nitrogens is 2. The molecule has 1 aromatic carbocycles. The molecule has 1 aliphatic heterocycles. The zero-order valence-electron chi connectivity index (χ0n) is 17.5. The molecule has 10 heteroatoms. The molecule has 2 heterocycles. The first-order chi connectivity index (χ1) is 15.3. The van der Waals surface area contributed by atoms with Gasteiger partial charge in [-0.1, -0.05) is 18.1 Å². The predicted molar refractivity (Wildman–Crippen MR) is 113 cm³/mol. The second kappa shape index (κ2) is 9.50. The Morgan fingerprint density at radius 1 is 1.34 bits per heavy atom. The molecule has 1 saturated heterocycles. The average molecular weight is 438 g/mol. The van der Waals surface area contributed by atoms with Crippen molar-refractivity contribution in [3.8, 4) is 23.8 Å². The van der Waals surface area contributed by atoms with E-state index in [9.17, 15) is 14.9 Å². The molecule has 0 radical (unpaired) electrons. The van der Waals surface area contributed by atoms with E-state index in [2.05, 4.69) is 16.9 Å². The quantitative estimate of drug-likeness (QED) is 0.658. The van der Waals surface area contributed by atoms with Crippen molar-refractivity contribution in [3.63, 3.8) is 0 Å². The third-order valence-corrected chi connectivity index (χ3v) is 5.48. The molecule has 1 fully saturated rings. The zero-order valence-corrected chi connectivity index (χ0v) is 17.5. The molecule has 3 rings (SSSR count). The minimum atomic E-state index is -1.48. The van der Waals surface area contributed by atoms with Crippen molar-refractivity contribution in [1.29, 1.82) is 5.26 Å². The van der Waals surface area contributed by atoms with Gasteiger partial charge in [-0.3, -0.25) is 14.4 Å². The molecule has 0 aliphatic carbocycles. The second-order valence-corrected chi connectivity index (χ2v) is 7.54. The number of likely N-dealkylation sites (tertiary alicyclic amines) is 1. The van der Waals surface area contributed by atoms with Gasteiger partial charge in [0.05, 0.1) is 12.5 Å². The van der Waals surface area contributed by atoms with Gasteiger partial charge < -0.3 is 16.2 Å². The fraction of sp³-hybridized carbons (Fsp3) is 0.364. The first-order valence-corrected chi connectivity index (χ1v) is 9.91. The van der Waals surface area contributed by atoms with Gasteiger partial charge in [-0.25, -0.2) is 9.18 Å². The lowest BCUT2D eigenvalue weighted by atomic mass is 9.83. The van der Waals surface area contributed by atoms with Crippen molar-refractivity contribution in [2.75, 3.05) is 13.1 Å². The average Bonchev–Trinajstić information content (AvgIpc) is 3.16. The number of hydrogen-bond donors (Lipinski definition) is 2. The highest BCUT2D eigenvalue weighted by molar-refractivity contribution is 5.95. The monoisotopic (exact) mass is 438 g/mol. The van der Waals surface area contributed by atoms with Crippen LogP contribution in [-0.4, -0.2) is 45.9 Å². The highest BCUT2D eigenvalue weighted by atomic mass is 19.1. The van der Waals surface area contributed by atoms with E-state index < -0.39 is 29.6 Å². The van der Waals surface area contributed by atoms with Crippen LogP contribution >= 0.6 is 0 Å². The lowest BCUT2D eigenvalue weighted by molar-refractivity contribution is 0.00633. The number of carbonyl (C=O) groups excluding carboxylic acids is 2. The summed E-state index contributed by atoms with van der Waals surface area (Å²) in [6, 6.07) is 9.73. The summed E-state index contributed by atoms with van der Waals surface area (Å²) < 4.78 is 21.5. The number of amides is 2. The number of carbonyl (C=O) groups is 2. The molecule has 1 aliphatic rings. The molecule has 2 amide bonds. The van der Waals surface area contributed by atoms with Gasteiger partial charge in [0.25, 0.3) is 11.8 Å². The van der Waals surface area contributed by atoms with Crippen LogP contribution in [0.1, 0.15) is 41.3 Å². The van der Waals surface area contributed by atoms with Crippen molar-refractivity contribution >= 4 is 12.0 Å². The zero-order chi connectivity index (χ0) is 23.3. The van der Waals surface area contributed by atoms with E-state index in [4.69, 9.17) is 16.2 Å². The Bertz CT molecular complexity index is 1110. The maximum atomic E-state index is 15.6. The summed E-state index contributed by atoms with van der Waals surface area (Å²) in [5.74, 6) is 4.50. The number of nitriles is 1. The fourth-order valence-corrected chi connectivity index (χ4v) is 3.84. The summed E-state index contributed by atoms with van der Waals surface area (Å²) in [5.41, 5.74) is 10.7. The number of piperidine rings is 1. The number of nitrogens with two attached hydrogens (primary N) is 2. The molecule has 1 aromatic heterocycles. The summed E-state index contributed by atoms with van der Waals surface area (Å²) in [5, 5.41) is 13.4. The Kier molecular flexibility index (Phi) is 6.76. The van der Waals surface area contributed by atoms with Gasteiger partial charge in [0.15, 0.2) is 0 Å². The van der Waals surface area contributed by atoms with Gasteiger partial charge in [-0.05, 0) is 31.0 Å². The largest absolute Gasteiger partial charge is 0.411 e. The Balaban J connectivity index is 1.83. The van der Waals surface area contributed by atoms with Crippen molar-refractivity contribution in [2.24, 2.45) is 11.5 Å². The molecule has 2 unspecified atom stereocenters. The lowest BCUT2D eigenvalue weighted by Crippen LogP contribution is -2.54. The SMILES string of the molecule is CC#Cc1ccc(CN2CCC(CC#N)(n3cc(C(N)=O)c(OC(N)=O)n3)C(F)C2)cc1. The van der Waals surface area contributed by atoms with Crippen LogP contribution in [0.25, 0.3) is 0 Å². The maximum Gasteiger partial charge on any atom is 0.411 e. The highest BCUT2D eigenvalue weighted by Gasteiger charge is 2.46. The Morgan fingerprint density at radius 2 is 2.06 bits per heavy atom. The minimum Gasteiger partial charge on any atom is -0.389 e. The van der Waals surface area contributed by atoms with E-state index in [-0.39, 0.29) is 24.9 Å². The van der Waals surface area contributed by atoms with Gasteiger partial charge in [0.2, 0.25) is 0 Å². The number of alkyl halides is 1. The molecule has 2 atom stereocenters. The smallest absolute Gasteiger partial charge is 0.389 e. The van der Waals surface area contributed by atoms with Crippen LogP contribution in [0.5, 0.6) is 5.88 Å². The summed E-state index contributed by atoms with van der Waals surface area (Å²) in [6.07, 6.45) is -1.41. The second-order valence-electron chi connectivity index (χ2n) is 7.54. The predicted octanol–water partition coefficient (Wildman–Crippen LogP) is 1.66. The Hall–Kier alpha value is -3.89. The number of ether oxygens (including phenoxy) is 1. The Labute approximate surface area is 184 Å². The van der Waals surface area contributed by atoms with Crippen LogP contribution in [0, 0.1) is 23.2 Å². The first kappa shape index (κ1) is 22.8. The molecule has 0 saturated carbocycles. The van der Waals surface area contributed by atoms with E-state index in [1.54, 1.807) is 6.92 Å². The van der Waals surface area contributed by atoms with Crippen molar-refractivity contribution in [2.45, 2.75) is 38.0 Å². The Morgan fingerprint density at radius 3 is 2.62 bits per heavy atom. The van der Waals surface area contributed by atoms with Gasteiger partial charge in [0.1, 0.15) is 17.3 Å². The van der Waals surface area contributed by atoms with Crippen LogP contribution in [0.15, 0.2) is 30.5 Å². The number of hydrogen-bond acceptors (Lipinski definition) is 6. The number of halogens is 1. The number of primary amides is 2. The number of nitrogens with zero attached hydrogens (tertiary/aromatic N) is 4. The van der Waals surface area contributed by atoms with Crippen LogP contribution in [-0.2, 0) is 12.1 Å². The topological polar surface area (TPSA) is 140 Å². The van der Waals surface area contributed by atoms with Gasteiger partial charge in [0, 0.05) is 31.4 Å². The van der Waals surface area contributed by atoms with Crippen LogP contribution in [0.4, 0.5) is 9.18 Å². The summed E-state index contributed by atoms with van der Waals surface area (Å²) >= 11 is 0. The van der Waals surface area contributed by atoms with E-state index in [1.807, 2.05) is 35.2 Å². The third kappa shape index (κ3) is 4.71. The molecule has 9 nitrogen and oxygen atoms in total. The third-order valence-electron chi connectivity index (χ3n) is 5.48. The van der Waals surface area contributed by atoms with E-state index in [0.29, 0.717) is 13.1 Å². The molecular formula is C22H23FN6O3. The van der Waals surface area contributed by atoms with Crippen LogP contribution in [0.2, 0.25) is 0 Å². The normalized spacial score (nSPS) is 20.6. The van der Waals surface area contributed by atoms with E-state index in [0.717, 1.165) is 11.1 Å². The molecule has 2 aromatic rings. The number of benzene rings is 1. The van der Waals surface area contributed by atoms with E-state index in [1.165, 1.54) is 10.9 Å². The first-order valence-electron chi connectivity index (χ1n) is 9.91. The molecular weight excluding hydrogens is 415 g/mol. The summed E-state index contributed by atoms with van der Waals surface area (Å²) in [7, 11) is 0. The number of rotatable bonds is 6. The molecule has 0 spiro atoms. The van der Waals surface area contributed by atoms with E-state index >= 15 is 4.39 Å². The van der Waals surface area contributed by atoms with Crippen molar-refractivity contribution in [1.82, 2.24) is 14.7 Å².